The molecule has 0 spiro atoms. The molecule has 0 amide bonds. The van der Waals surface area contributed by atoms with Crippen LogP contribution in [0.15, 0.2) is 36.5 Å². The number of nitrogens with zero attached hydrogens (tertiary/aromatic N) is 1. The number of ether oxygens (including phenoxy) is 4. The Morgan fingerprint density at radius 2 is 0.667 bits per heavy atom. The molecule has 0 aliphatic heterocycles. The van der Waals surface area contributed by atoms with Gasteiger partial charge in [0.2, 0.25) is 0 Å². The highest BCUT2D eigenvalue weighted by Gasteiger charge is 2.25. The zero-order valence-electron chi connectivity index (χ0n) is 54.5. The zero-order valence-corrected chi connectivity index (χ0v) is 54.5. The predicted molar refractivity (Wildman–Crippen MR) is 346 cm³/mol. The van der Waals surface area contributed by atoms with Gasteiger partial charge in [0.15, 0.2) is 6.10 Å². The molecule has 2 atom stereocenters. The van der Waals surface area contributed by atoms with E-state index in [0.29, 0.717) is 17.4 Å². The van der Waals surface area contributed by atoms with Gasteiger partial charge in [-0.2, -0.15) is 0 Å². The molecule has 0 aliphatic rings. The SMILES string of the molecule is CCCCCCC/C=C\C/C=C\C/C=C\CCCCCCCCCCCCCCCCC(=O)OC(COC(=O)CCCCCCCCCCCCCCCCCCCCCCCCCCCCC)COC(OCC[N+](C)(C)C)C(=O)O. The van der Waals surface area contributed by atoms with Crippen LogP contribution in [-0.2, 0) is 33.3 Å². The summed E-state index contributed by atoms with van der Waals surface area (Å²) in [6.45, 7) is 4.93. The number of allylic oxidation sites excluding steroid dienone is 6. The fourth-order valence-electron chi connectivity index (χ4n) is 10.5. The van der Waals surface area contributed by atoms with E-state index >= 15 is 0 Å². The molecular weight excluding hydrogens is 1010 g/mol. The Morgan fingerprint density at radius 1 is 0.370 bits per heavy atom. The number of likely N-dealkylation sites (N-methyl/N-ethyl adjacent to an activating group) is 1. The number of hydrogen-bond acceptors (Lipinski definition) is 7. The third-order valence-electron chi connectivity index (χ3n) is 15.9. The second kappa shape index (κ2) is 63.5. The van der Waals surface area contributed by atoms with Gasteiger partial charge in [0.25, 0.3) is 6.29 Å². The average molecular weight is 1140 g/mol. The zero-order chi connectivity index (χ0) is 59.1. The molecule has 0 saturated carbocycles. The van der Waals surface area contributed by atoms with Crippen molar-refractivity contribution in [1.82, 2.24) is 0 Å². The Morgan fingerprint density at radius 3 is 0.988 bits per heavy atom. The van der Waals surface area contributed by atoms with E-state index in [-0.39, 0.29) is 38.2 Å². The van der Waals surface area contributed by atoms with Crippen molar-refractivity contribution in [2.24, 2.45) is 0 Å². The highest BCUT2D eigenvalue weighted by atomic mass is 16.7. The van der Waals surface area contributed by atoms with E-state index in [1.807, 2.05) is 21.1 Å². The van der Waals surface area contributed by atoms with Crippen molar-refractivity contribution in [3.8, 4) is 0 Å². The molecule has 0 aromatic carbocycles. The minimum Gasteiger partial charge on any atom is -0.477 e. The van der Waals surface area contributed by atoms with Gasteiger partial charge in [-0.25, -0.2) is 4.79 Å². The molecule has 0 fully saturated rings. The van der Waals surface area contributed by atoms with Crippen LogP contribution in [0.1, 0.15) is 348 Å². The van der Waals surface area contributed by atoms with E-state index in [4.69, 9.17) is 18.9 Å². The summed E-state index contributed by atoms with van der Waals surface area (Å²) in [4.78, 5) is 37.6. The number of hydrogen-bond donors (Lipinski definition) is 1. The van der Waals surface area contributed by atoms with Crippen LogP contribution in [0.3, 0.4) is 0 Å². The van der Waals surface area contributed by atoms with Gasteiger partial charge in [-0.05, 0) is 51.4 Å². The third kappa shape index (κ3) is 64.9. The Kier molecular flexibility index (Phi) is 61.6. The number of carboxylic acids is 1. The first kappa shape index (κ1) is 78.5. The molecule has 0 aliphatic carbocycles. The van der Waals surface area contributed by atoms with Crippen molar-refractivity contribution in [3.63, 3.8) is 0 Å². The summed E-state index contributed by atoms with van der Waals surface area (Å²) in [5.74, 6) is -1.98. The number of carboxylic acid groups (broad SMARTS) is 1. The number of esters is 2. The number of unbranched alkanes of at least 4 members (excludes halogenated alkanes) is 45. The second-order valence-electron chi connectivity index (χ2n) is 25.2. The van der Waals surface area contributed by atoms with Crippen LogP contribution in [0.4, 0.5) is 0 Å². The minimum absolute atomic E-state index is 0.177. The molecule has 2 unspecified atom stereocenters. The van der Waals surface area contributed by atoms with Gasteiger partial charge in [0.05, 0.1) is 34.4 Å². The number of aliphatic carboxylic acids is 1. The average Bonchev–Trinajstić information content (AvgIpc) is 3.44. The summed E-state index contributed by atoms with van der Waals surface area (Å²) in [5, 5.41) is 9.74. The Hall–Kier alpha value is -2.49. The molecule has 9 heteroatoms. The number of carbonyl (C=O) groups excluding carboxylic acids is 2. The van der Waals surface area contributed by atoms with Crippen molar-refractivity contribution in [2.45, 2.75) is 360 Å². The standard InChI is InChI=1S/C72H135NO8/c1-6-8-10-12-14-16-18-20-22-24-26-28-30-32-34-35-37-39-41-43-45-47-49-51-53-55-57-59-61-63-70(75)81-68(67-80-72(71(76)77)78-65-64-73(3,4)5)66-79-69(74)62-60-58-56-54-52-50-48-46-44-42-40-38-36-33-31-29-27-25-23-21-19-17-15-13-11-9-7-2/h18,20,24,26,30,32,68,72H,6-17,19,21-23,25,27-29,31,33-67H2,1-5H3/p+1/b20-18-,26-24-,32-30-. The lowest BCUT2D eigenvalue weighted by molar-refractivity contribution is -0.870. The van der Waals surface area contributed by atoms with Crippen molar-refractivity contribution < 1.29 is 42.9 Å². The van der Waals surface area contributed by atoms with Crippen LogP contribution >= 0.6 is 0 Å². The monoisotopic (exact) mass is 1140 g/mol. The number of rotatable bonds is 66. The molecule has 476 valence electrons. The molecule has 9 nitrogen and oxygen atoms in total. The lowest BCUT2D eigenvalue weighted by atomic mass is 10.0. The van der Waals surface area contributed by atoms with E-state index in [0.717, 1.165) is 51.4 Å². The quantitative estimate of drug-likeness (QED) is 0.0211. The summed E-state index contributed by atoms with van der Waals surface area (Å²) in [7, 11) is 5.99. The summed E-state index contributed by atoms with van der Waals surface area (Å²) >= 11 is 0. The van der Waals surface area contributed by atoms with Gasteiger partial charge in [-0.15, -0.1) is 0 Å². The molecular formula is C72H136NO8+. The van der Waals surface area contributed by atoms with Gasteiger partial charge < -0.3 is 28.5 Å². The first-order valence-corrected chi connectivity index (χ1v) is 35.2. The van der Waals surface area contributed by atoms with Crippen LogP contribution in [0.2, 0.25) is 0 Å². The summed E-state index contributed by atoms with van der Waals surface area (Å²) < 4.78 is 23.0. The topological polar surface area (TPSA) is 108 Å². The third-order valence-corrected chi connectivity index (χ3v) is 15.9. The van der Waals surface area contributed by atoms with Crippen molar-refractivity contribution in [2.75, 3.05) is 47.5 Å². The maximum atomic E-state index is 12.9. The summed E-state index contributed by atoms with van der Waals surface area (Å²) in [5.41, 5.74) is 0. The van der Waals surface area contributed by atoms with Gasteiger partial charge >= 0.3 is 17.9 Å². The maximum absolute atomic E-state index is 12.9. The van der Waals surface area contributed by atoms with E-state index in [1.165, 1.54) is 270 Å². The molecule has 0 bridgehead atoms. The van der Waals surface area contributed by atoms with Crippen LogP contribution in [-0.4, -0.2) is 87.4 Å². The van der Waals surface area contributed by atoms with Gasteiger partial charge in [-0.1, -0.05) is 320 Å². The van der Waals surface area contributed by atoms with Gasteiger partial charge in [0.1, 0.15) is 13.2 Å². The first-order valence-electron chi connectivity index (χ1n) is 35.2. The highest BCUT2D eigenvalue weighted by molar-refractivity contribution is 5.71. The van der Waals surface area contributed by atoms with E-state index in [9.17, 15) is 19.5 Å². The smallest absolute Gasteiger partial charge is 0.361 e. The molecule has 1 N–H and O–H groups in total. The number of carbonyl (C=O) groups is 3. The molecule has 0 aromatic rings. The van der Waals surface area contributed by atoms with Crippen LogP contribution in [0, 0.1) is 0 Å². The van der Waals surface area contributed by atoms with E-state index in [1.54, 1.807) is 0 Å². The Bertz CT molecular complexity index is 1420. The number of quaternary nitrogens is 1. The maximum Gasteiger partial charge on any atom is 0.361 e. The van der Waals surface area contributed by atoms with Crippen LogP contribution in [0.25, 0.3) is 0 Å². The fraction of sp³-hybridized carbons (Fsp3) is 0.875. The van der Waals surface area contributed by atoms with E-state index < -0.39 is 18.4 Å². The van der Waals surface area contributed by atoms with Crippen molar-refractivity contribution in [3.05, 3.63) is 36.5 Å². The fourth-order valence-corrected chi connectivity index (χ4v) is 10.5. The second-order valence-corrected chi connectivity index (χ2v) is 25.2. The van der Waals surface area contributed by atoms with Crippen molar-refractivity contribution in [1.29, 1.82) is 0 Å². The summed E-state index contributed by atoms with van der Waals surface area (Å²) in [6.07, 6.45) is 76.9. The minimum atomic E-state index is -1.51. The largest absolute Gasteiger partial charge is 0.477 e. The van der Waals surface area contributed by atoms with Crippen LogP contribution < -0.4 is 0 Å². The Balaban J connectivity index is 4.08. The lowest BCUT2D eigenvalue weighted by Crippen LogP contribution is -2.40. The molecule has 0 aromatic heterocycles. The van der Waals surface area contributed by atoms with Gasteiger partial charge in [0, 0.05) is 12.8 Å². The predicted octanol–water partition coefficient (Wildman–Crippen LogP) is 21.6. The molecule has 0 heterocycles. The van der Waals surface area contributed by atoms with Crippen LogP contribution in [0.5, 0.6) is 0 Å². The van der Waals surface area contributed by atoms with E-state index in [2.05, 4.69) is 50.3 Å². The summed E-state index contributed by atoms with van der Waals surface area (Å²) in [6, 6.07) is 0. The van der Waals surface area contributed by atoms with Crippen molar-refractivity contribution >= 4 is 17.9 Å². The highest BCUT2D eigenvalue weighted by Crippen LogP contribution is 2.19. The molecule has 81 heavy (non-hydrogen) atoms. The molecule has 0 rings (SSSR count). The normalized spacial score (nSPS) is 12.9. The Labute approximate surface area is 502 Å². The molecule has 0 radical (unpaired) electrons. The lowest BCUT2D eigenvalue weighted by Gasteiger charge is -2.25. The van der Waals surface area contributed by atoms with Gasteiger partial charge in [-0.3, -0.25) is 9.59 Å². The first-order chi connectivity index (χ1) is 39.6. The molecule has 0 saturated heterocycles.